The van der Waals surface area contributed by atoms with Crippen molar-refractivity contribution >= 4 is 5.91 Å². The number of rotatable bonds is 6. The molecule has 23 heavy (non-hydrogen) atoms. The SMILES string of the molecule is O=C(NCc1cccc(OCC(F)F)c1)C1CC12CCNCC2. The van der Waals surface area contributed by atoms with Crippen molar-refractivity contribution in [2.24, 2.45) is 11.3 Å². The van der Waals surface area contributed by atoms with Crippen molar-refractivity contribution in [2.75, 3.05) is 19.7 Å². The van der Waals surface area contributed by atoms with Crippen molar-refractivity contribution in [3.8, 4) is 5.75 Å². The minimum absolute atomic E-state index is 0.103. The minimum Gasteiger partial charge on any atom is -0.488 e. The van der Waals surface area contributed by atoms with E-state index in [0.717, 1.165) is 37.9 Å². The second kappa shape index (κ2) is 6.83. The first kappa shape index (κ1) is 16.2. The lowest BCUT2D eigenvalue weighted by Crippen LogP contribution is -2.33. The molecule has 2 N–H and O–H groups in total. The molecule has 2 aliphatic rings. The largest absolute Gasteiger partial charge is 0.488 e. The molecular weight excluding hydrogens is 302 g/mol. The summed E-state index contributed by atoms with van der Waals surface area (Å²) in [6.45, 7) is 1.77. The summed E-state index contributed by atoms with van der Waals surface area (Å²) >= 11 is 0. The summed E-state index contributed by atoms with van der Waals surface area (Å²) in [4.78, 5) is 12.3. The number of carbonyl (C=O) groups is 1. The normalized spacial score (nSPS) is 22.1. The van der Waals surface area contributed by atoms with Gasteiger partial charge in [0.05, 0.1) is 0 Å². The molecule has 1 aliphatic carbocycles. The quantitative estimate of drug-likeness (QED) is 0.844. The highest BCUT2D eigenvalue weighted by atomic mass is 19.3. The second-order valence-corrected chi connectivity index (χ2v) is 6.44. The Balaban J connectivity index is 1.48. The Morgan fingerprint density at radius 1 is 1.39 bits per heavy atom. The monoisotopic (exact) mass is 324 g/mol. The molecule has 1 saturated carbocycles. The predicted molar refractivity (Wildman–Crippen MR) is 82.4 cm³/mol. The summed E-state index contributed by atoms with van der Waals surface area (Å²) < 4.78 is 29.3. The first-order valence-corrected chi connectivity index (χ1v) is 8.07. The van der Waals surface area contributed by atoms with E-state index in [-0.39, 0.29) is 17.2 Å². The zero-order chi connectivity index (χ0) is 16.3. The summed E-state index contributed by atoms with van der Waals surface area (Å²) in [5, 5.41) is 6.29. The van der Waals surface area contributed by atoms with Gasteiger partial charge in [0.25, 0.3) is 6.43 Å². The van der Waals surface area contributed by atoms with E-state index < -0.39 is 13.0 Å². The van der Waals surface area contributed by atoms with Gasteiger partial charge in [0.1, 0.15) is 12.4 Å². The standard InChI is InChI=1S/C17H22F2N2O2/c18-15(19)11-23-13-3-1-2-12(8-13)10-21-16(22)14-9-17(14)4-6-20-7-5-17/h1-3,8,14-15,20H,4-7,9-11H2,(H,21,22). The number of benzene rings is 1. The second-order valence-electron chi connectivity index (χ2n) is 6.44. The van der Waals surface area contributed by atoms with E-state index in [1.54, 1.807) is 18.2 Å². The van der Waals surface area contributed by atoms with Crippen LogP contribution >= 0.6 is 0 Å². The molecule has 1 unspecified atom stereocenters. The maximum atomic E-state index is 12.3. The number of halogens is 2. The third-order valence-electron chi connectivity index (χ3n) is 4.85. The summed E-state index contributed by atoms with van der Waals surface area (Å²) in [7, 11) is 0. The number of hydrogen-bond acceptors (Lipinski definition) is 3. The highest BCUT2D eigenvalue weighted by molar-refractivity contribution is 5.82. The fourth-order valence-corrected chi connectivity index (χ4v) is 3.41. The van der Waals surface area contributed by atoms with Crippen LogP contribution in [-0.4, -0.2) is 32.0 Å². The van der Waals surface area contributed by atoms with Crippen LogP contribution in [0, 0.1) is 11.3 Å². The van der Waals surface area contributed by atoms with Gasteiger partial charge in [-0.3, -0.25) is 4.79 Å². The highest BCUT2D eigenvalue weighted by Crippen LogP contribution is 2.58. The molecule has 3 rings (SSSR count). The first-order valence-electron chi connectivity index (χ1n) is 8.07. The molecule has 1 aromatic carbocycles. The van der Waals surface area contributed by atoms with Gasteiger partial charge in [-0.05, 0) is 55.5 Å². The fraction of sp³-hybridized carbons (Fsp3) is 0.588. The topological polar surface area (TPSA) is 50.4 Å². The van der Waals surface area contributed by atoms with Crippen LogP contribution in [0.15, 0.2) is 24.3 Å². The molecule has 0 aromatic heterocycles. The smallest absolute Gasteiger partial charge is 0.272 e. The number of carbonyl (C=O) groups excluding carboxylic acids is 1. The summed E-state index contributed by atoms with van der Waals surface area (Å²) in [5.41, 5.74) is 1.07. The molecule has 1 aromatic rings. The van der Waals surface area contributed by atoms with E-state index in [1.165, 1.54) is 0 Å². The molecule has 1 spiro atoms. The number of ether oxygens (including phenoxy) is 1. The number of hydrogen-bond donors (Lipinski definition) is 2. The number of alkyl halides is 2. The van der Waals surface area contributed by atoms with E-state index in [4.69, 9.17) is 4.74 Å². The molecule has 6 heteroatoms. The average Bonchev–Trinajstić information content (AvgIpc) is 3.25. The maximum Gasteiger partial charge on any atom is 0.272 e. The van der Waals surface area contributed by atoms with Crippen molar-refractivity contribution in [2.45, 2.75) is 32.2 Å². The Labute approximate surface area is 134 Å². The van der Waals surface area contributed by atoms with Crippen molar-refractivity contribution in [1.82, 2.24) is 10.6 Å². The van der Waals surface area contributed by atoms with E-state index in [0.29, 0.717) is 12.3 Å². The van der Waals surface area contributed by atoms with Crippen LogP contribution in [0.5, 0.6) is 5.75 Å². The van der Waals surface area contributed by atoms with Gasteiger partial charge < -0.3 is 15.4 Å². The van der Waals surface area contributed by atoms with Gasteiger partial charge in [0.2, 0.25) is 5.91 Å². The highest BCUT2D eigenvalue weighted by Gasteiger charge is 2.57. The molecule has 0 bridgehead atoms. The lowest BCUT2D eigenvalue weighted by atomic mass is 9.92. The third kappa shape index (κ3) is 3.99. The third-order valence-corrected chi connectivity index (χ3v) is 4.85. The van der Waals surface area contributed by atoms with Gasteiger partial charge in [-0.15, -0.1) is 0 Å². The summed E-state index contributed by atoms with van der Waals surface area (Å²) in [5.74, 6) is 0.631. The van der Waals surface area contributed by atoms with Crippen molar-refractivity contribution in [3.63, 3.8) is 0 Å². The van der Waals surface area contributed by atoms with Crippen molar-refractivity contribution in [1.29, 1.82) is 0 Å². The van der Waals surface area contributed by atoms with Gasteiger partial charge in [0.15, 0.2) is 0 Å². The van der Waals surface area contributed by atoms with Crippen LogP contribution in [0.2, 0.25) is 0 Å². The lowest BCUT2D eigenvalue weighted by molar-refractivity contribution is -0.123. The molecule has 1 atom stereocenters. The predicted octanol–water partition coefficient (Wildman–Crippen LogP) is 2.34. The van der Waals surface area contributed by atoms with Gasteiger partial charge in [-0.25, -0.2) is 8.78 Å². The minimum atomic E-state index is -2.49. The Kier molecular flexibility index (Phi) is 4.80. The molecule has 4 nitrogen and oxygen atoms in total. The number of nitrogens with one attached hydrogen (secondary N) is 2. The molecule has 0 radical (unpaired) electrons. The zero-order valence-corrected chi connectivity index (χ0v) is 13.0. The van der Waals surface area contributed by atoms with Gasteiger partial charge in [-0.2, -0.15) is 0 Å². The van der Waals surface area contributed by atoms with Crippen molar-refractivity contribution < 1.29 is 18.3 Å². The van der Waals surface area contributed by atoms with Crippen LogP contribution in [0.4, 0.5) is 8.78 Å². The van der Waals surface area contributed by atoms with Crippen LogP contribution in [0.25, 0.3) is 0 Å². The molecule has 1 saturated heterocycles. The summed E-state index contributed by atoms with van der Waals surface area (Å²) in [6.07, 6.45) is 0.636. The van der Waals surface area contributed by atoms with Crippen LogP contribution in [-0.2, 0) is 11.3 Å². The zero-order valence-electron chi connectivity index (χ0n) is 13.0. The number of amides is 1. The number of piperidine rings is 1. The van der Waals surface area contributed by atoms with Gasteiger partial charge in [0, 0.05) is 12.5 Å². The van der Waals surface area contributed by atoms with Gasteiger partial charge >= 0.3 is 0 Å². The molecular formula is C17H22F2N2O2. The van der Waals surface area contributed by atoms with E-state index >= 15 is 0 Å². The van der Waals surface area contributed by atoms with Crippen LogP contribution < -0.4 is 15.4 Å². The van der Waals surface area contributed by atoms with E-state index in [9.17, 15) is 13.6 Å². The van der Waals surface area contributed by atoms with E-state index in [2.05, 4.69) is 10.6 Å². The Hall–Kier alpha value is -1.69. The molecule has 1 amide bonds. The Bertz CT molecular complexity index is 559. The van der Waals surface area contributed by atoms with Crippen LogP contribution in [0.3, 0.4) is 0 Å². The molecule has 126 valence electrons. The lowest BCUT2D eigenvalue weighted by Gasteiger charge is -2.23. The maximum absolute atomic E-state index is 12.3. The van der Waals surface area contributed by atoms with Gasteiger partial charge in [-0.1, -0.05) is 12.1 Å². The molecule has 2 fully saturated rings. The first-order chi connectivity index (χ1) is 11.1. The summed E-state index contributed by atoms with van der Waals surface area (Å²) in [6, 6.07) is 6.92. The average molecular weight is 324 g/mol. The fourth-order valence-electron chi connectivity index (χ4n) is 3.41. The molecule has 1 heterocycles. The Morgan fingerprint density at radius 3 is 2.91 bits per heavy atom. The Morgan fingerprint density at radius 2 is 2.17 bits per heavy atom. The van der Waals surface area contributed by atoms with Crippen molar-refractivity contribution in [3.05, 3.63) is 29.8 Å². The van der Waals surface area contributed by atoms with Crippen LogP contribution in [0.1, 0.15) is 24.8 Å². The van der Waals surface area contributed by atoms with E-state index in [1.807, 2.05) is 6.07 Å². The molecule has 1 aliphatic heterocycles.